The number of rotatable bonds is 7. The van der Waals surface area contributed by atoms with Gasteiger partial charge in [0.25, 0.3) is 0 Å². The van der Waals surface area contributed by atoms with Crippen molar-refractivity contribution in [3.63, 3.8) is 0 Å². The number of nitrogens with zero attached hydrogens (tertiary/aromatic N) is 2. The number of likely N-dealkylation sites (tertiary alicyclic amines) is 1. The molecule has 0 aromatic heterocycles. The fraction of sp³-hybridized carbons (Fsp3) is 0.600. The van der Waals surface area contributed by atoms with Gasteiger partial charge in [0.1, 0.15) is 0 Å². The molecule has 136 valence electrons. The third-order valence-electron chi connectivity index (χ3n) is 4.80. The Balaban J connectivity index is 1.98. The van der Waals surface area contributed by atoms with Gasteiger partial charge in [-0.1, -0.05) is 26.0 Å². The molecule has 5 nitrogen and oxygen atoms in total. The third-order valence-corrected chi connectivity index (χ3v) is 4.80. The zero-order valence-electron chi connectivity index (χ0n) is 15.2. The molecule has 0 spiro atoms. The number of amides is 1. The molecule has 2 rings (SSSR count). The van der Waals surface area contributed by atoms with E-state index in [9.17, 15) is 9.90 Å². The first-order valence-corrected chi connectivity index (χ1v) is 9.15. The standard InChI is InChI=1S/C20H29N3O2/c1-15(2)10-19(20(25)23-8-6-16(14-24)7-9-23)22-13-18-5-3-4-17(11-18)12-21/h3-5,11,15-16,19,22,24H,6-10,13-14H2,1-2H3. The number of nitriles is 1. The van der Waals surface area contributed by atoms with Crippen molar-refractivity contribution in [3.8, 4) is 6.07 Å². The van der Waals surface area contributed by atoms with Crippen molar-refractivity contribution >= 4 is 5.91 Å². The van der Waals surface area contributed by atoms with Crippen LogP contribution in [-0.2, 0) is 11.3 Å². The average Bonchev–Trinajstić information content (AvgIpc) is 2.64. The lowest BCUT2D eigenvalue weighted by molar-refractivity contribution is -0.135. The number of aliphatic hydroxyl groups is 1. The first kappa shape index (κ1) is 19.4. The van der Waals surface area contributed by atoms with Crippen molar-refractivity contribution in [2.75, 3.05) is 19.7 Å². The summed E-state index contributed by atoms with van der Waals surface area (Å²) in [5, 5.41) is 21.7. The van der Waals surface area contributed by atoms with Gasteiger partial charge < -0.3 is 15.3 Å². The molecule has 2 N–H and O–H groups in total. The van der Waals surface area contributed by atoms with Gasteiger partial charge in [-0.25, -0.2) is 0 Å². The van der Waals surface area contributed by atoms with Gasteiger partial charge in [-0.05, 0) is 48.8 Å². The number of nitrogens with one attached hydrogen (secondary N) is 1. The summed E-state index contributed by atoms with van der Waals surface area (Å²) in [5.41, 5.74) is 1.65. The van der Waals surface area contributed by atoms with E-state index in [-0.39, 0.29) is 18.6 Å². The highest BCUT2D eigenvalue weighted by molar-refractivity contribution is 5.82. The summed E-state index contributed by atoms with van der Waals surface area (Å²) >= 11 is 0. The molecule has 1 atom stereocenters. The highest BCUT2D eigenvalue weighted by Crippen LogP contribution is 2.19. The number of benzene rings is 1. The van der Waals surface area contributed by atoms with Crippen molar-refractivity contribution < 1.29 is 9.90 Å². The van der Waals surface area contributed by atoms with Crippen LogP contribution in [0.5, 0.6) is 0 Å². The van der Waals surface area contributed by atoms with Crippen LogP contribution in [0.4, 0.5) is 0 Å². The zero-order valence-corrected chi connectivity index (χ0v) is 15.2. The minimum atomic E-state index is -0.212. The van der Waals surface area contributed by atoms with Gasteiger partial charge in [0, 0.05) is 26.2 Å². The Morgan fingerprint density at radius 3 is 2.72 bits per heavy atom. The minimum Gasteiger partial charge on any atom is -0.396 e. The molecule has 0 bridgehead atoms. The Morgan fingerprint density at radius 1 is 1.40 bits per heavy atom. The van der Waals surface area contributed by atoms with Crippen molar-refractivity contribution in [3.05, 3.63) is 35.4 Å². The van der Waals surface area contributed by atoms with E-state index in [1.165, 1.54) is 0 Å². The van der Waals surface area contributed by atoms with Crippen LogP contribution in [0, 0.1) is 23.2 Å². The van der Waals surface area contributed by atoms with Crippen molar-refractivity contribution in [2.45, 2.75) is 45.7 Å². The number of piperidine rings is 1. The van der Waals surface area contributed by atoms with E-state index >= 15 is 0 Å². The first-order valence-electron chi connectivity index (χ1n) is 9.15. The average molecular weight is 343 g/mol. The lowest BCUT2D eigenvalue weighted by Crippen LogP contribution is -2.49. The molecule has 1 aromatic rings. The summed E-state index contributed by atoms with van der Waals surface area (Å²) in [6, 6.07) is 9.42. The topological polar surface area (TPSA) is 76.4 Å². The molecule has 25 heavy (non-hydrogen) atoms. The molecule has 0 saturated carbocycles. The fourth-order valence-electron chi connectivity index (χ4n) is 3.29. The van der Waals surface area contributed by atoms with E-state index < -0.39 is 0 Å². The summed E-state index contributed by atoms with van der Waals surface area (Å²) in [6.07, 6.45) is 2.54. The summed E-state index contributed by atoms with van der Waals surface area (Å²) in [5.74, 6) is 0.901. The molecular weight excluding hydrogens is 314 g/mol. The first-order chi connectivity index (χ1) is 12.0. The van der Waals surface area contributed by atoms with Crippen molar-refractivity contribution in [1.82, 2.24) is 10.2 Å². The normalized spacial score (nSPS) is 16.7. The van der Waals surface area contributed by atoms with Gasteiger partial charge in [-0.3, -0.25) is 4.79 Å². The van der Waals surface area contributed by atoms with Crippen LogP contribution < -0.4 is 5.32 Å². The van der Waals surface area contributed by atoms with Crippen LogP contribution in [0.15, 0.2) is 24.3 Å². The summed E-state index contributed by atoms with van der Waals surface area (Å²) in [7, 11) is 0. The number of carbonyl (C=O) groups excluding carboxylic acids is 1. The summed E-state index contributed by atoms with van der Waals surface area (Å²) in [4.78, 5) is 14.9. The number of aliphatic hydroxyl groups excluding tert-OH is 1. The van der Waals surface area contributed by atoms with Crippen LogP contribution in [0.25, 0.3) is 0 Å². The van der Waals surface area contributed by atoms with E-state index in [2.05, 4.69) is 25.2 Å². The number of carbonyl (C=O) groups is 1. The molecule has 1 fully saturated rings. The second-order valence-electron chi connectivity index (χ2n) is 7.33. The second kappa shape index (κ2) is 9.55. The van der Waals surface area contributed by atoms with E-state index in [0.717, 1.165) is 37.9 Å². The molecule has 1 aromatic carbocycles. The summed E-state index contributed by atoms with van der Waals surface area (Å²) < 4.78 is 0. The van der Waals surface area contributed by atoms with E-state index in [0.29, 0.717) is 23.9 Å². The van der Waals surface area contributed by atoms with E-state index in [4.69, 9.17) is 5.26 Å². The Bertz CT molecular complexity index is 601. The van der Waals surface area contributed by atoms with Crippen LogP contribution in [0.3, 0.4) is 0 Å². The Morgan fingerprint density at radius 2 is 2.12 bits per heavy atom. The SMILES string of the molecule is CC(C)CC(NCc1cccc(C#N)c1)C(=O)N1CCC(CO)CC1. The van der Waals surface area contributed by atoms with E-state index in [1.54, 1.807) is 6.07 Å². The van der Waals surface area contributed by atoms with Crippen LogP contribution in [-0.4, -0.2) is 41.7 Å². The Kier molecular flexibility index (Phi) is 7.42. The zero-order chi connectivity index (χ0) is 18.2. The smallest absolute Gasteiger partial charge is 0.239 e. The predicted octanol–water partition coefficient (Wildman–Crippen LogP) is 2.29. The maximum absolute atomic E-state index is 12.9. The van der Waals surface area contributed by atoms with E-state index in [1.807, 2.05) is 23.1 Å². The highest BCUT2D eigenvalue weighted by atomic mass is 16.3. The molecule has 1 saturated heterocycles. The minimum absolute atomic E-state index is 0.154. The third kappa shape index (κ3) is 5.84. The molecule has 0 radical (unpaired) electrons. The predicted molar refractivity (Wildman–Crippen MR) is 97.6 cm³/mol. The van der Waals surface area contributed by atoms with Crippen LogP contribution in [0.1, 0.15) is 44.2 Å². The monoisotopic (exact) mass is 343 g/mol. The molecule has 1 amide bonds. The van der Waals surface area contributed by atoms with Gasteiger partial charge >= 0.3 is 0 Å². The van der Waals surface area contributed by atoms with Gasteiger partial charge in [-0.2, -0.15) is 5.26 Å². The molecule has 1 heterocycles. The van der Waals surface area contributed by atoms with Gasteiger partial charge in [0.2, 0.25) is 5.91 Å². The highest BCUT2D eigenvalue weighted by Gasteiger charge is 2.28. The Labute approximate surface area is 150 Å². The quantitative estimate of drug-likeness (QED) is 0.796. The largest absolute Gasteiger partial charge is 0.396 e. The molecule has 1 aliphatic rings. The van der Waals surface area contributed by atoms with Gasteiger partial charge in [0.15, 0.2) is 0 Å². The maximum Gasteiger partial charge on any atom is 0.239 e. The van der Waals surface area contributed by atoms with Crippen molar-refractivity contribution in [1.29, 1.82) is 5.26 Å². The van der Waals surface area contributed by atoms with Crippen molar-refractivity contribution in [2.24, 2.45) is 11.8 Å². The molecule has 5 heteroatoms. The van der Waals surface area contributed by atoms with Gasteiger partial charge in [-0.15, -0.1) is 0 Å². The number of hydrogen-bond acceptors (Lipinski definition) is 4. The molecular formula is C20H29N3O2. The fourth-order valence-corrected chi connectivity index (χ4v) is 3.29. The Hall–Kier alpha value is -1.90. The van der Waals surface area contributed by atoms with Crippen LogP contribution in [0.2, 0.25) is 0 Å². The molecule has 1 aliphatic heterocycles. The number of hydrogen-bond donors (Lipinski definition) is 2. The second-order valence-corrected chi connectivity index (χ2v) is 7.33. The van der Waals surface area contributed by atoms with Gasteiger partial charge in [0.05, 0.1) is 17.7 Å². The molecule has 0 aliphatic carbocycles. The lowest BCUT2D eigenvalue weighted by Gasteiger charge is -2.34. The van der Waals surface area contributed by atoms with Crippen LogP contribution >= 0.6 is 0 Å². The summed E-state index contributed by atoms with van der Waals surface area (Å²) in [6.45, 7) is 6.48. The maximum atomic E-state index is 12.9. The lowest BCUT2D eigenvalue weighted by atomic mass is 9.96. The molecule has 1 unspecified atom stereocenters.